The molecule has 5 nitrogen and oxygen atoms in total. The summed E-state index contributed by atoms with van der Waals surface area (Å²) in [5, 5.41) is 0.677. The number of aromatic nitrogens is 1. The number of nitrogen functional groups attached to an aromatic ring is 1. The van der Waals surface area contributed by atoms with Gasteiger partial charge in [-0.2, -0.15) is 11.8 Å². The van der Waals surface area contributed by atoms with Gasteiger partial charge in [0.25, 0.3) is 5.91 Å². The molecular formula is C13H20N4OS. The van der Waals surface area contributed by atoms with Gasteiger partial charge >= 0.3 is 0 Å². The lowest BCUT2D eigenvalue weighted by Crippen LogP contribution is -2.32. The maximum absolute atomic E-state index is 12.4. The number of anilines is 1. The van der Waals surface area contributed by atoms with E-state index in [1.165, 1.54) is 6.42 Å². The molecule has 19 heavy (non-hydrogen) atoms. The van der Waals surface area contributed by atoms with Gasteiger partial charge in [0.1, 0.15) is 5.82 Å². The number of pyridine rings is 1. The van der Waals surface area contributed by atoms with Crippen LogP contribution in [0.2, 0.25) is 0 Å². The van der Waals surface area contributed by atoms with Crippen LogP contribution in [0.4, 0.5) is 5.82 Å². The van der Waals surface area contributed by atoms with Crippen LogP contribution in [-0.2, 0) is 0 Å². The second-order valence-electron chi connectivity index (χ2n) is 4.65. The van der Waals surface area contributed by atoms with Crippen molar-refractivity contribution in [1.82, 2.24) is 9.88 Å². The fraction of sp³-hybridized carbons (Fsp3) is 0.538. The average Bonchev–Trinajstić information content (AvgIpc) is 2.72. The molecule has 0 aromatic carbocycles. The third-order valence-electron chi connectivity index (χ3n) is 3.45. The quantitative estimate of drug-likeness (QED) is 0.651. The summed E-state index contributed by atoms with van der Waals surface area (Å²) in [5.41, 5.74) is 3.11. The van der Waals surface area contributed by atoms with Gasteiger partial charge in [0.05, 0.1) is 0 Å². The van der Waals surface area contributed by atoms with Crippen molar-refractivity contribution in [2.24, 2.45) is 5.84 Å². The number of hydrogen-bond donors (Lipinski definition) is 2. The Bertz CT molecular complexity index is 440. The Morgan fingerprint density at radius 3 is 3.11 bits per heavy atom. The van der Waals surface area contributed by atoms with Crippen LogP contribution in [0.1, 0.15) is 29.6 Å². The minimum Gasteiger partial charge on any atom is -0.339 e. The van der Waals surface area contributed by atoms with E-state index < -0.39 is 0 Å². The Balaban J connectivity index is 2.06. The molecule has 1 aromatic heterocycles. The Kier molecular flexibility index (Phi) is 5.04. The van der Waals surface area contributed by atoms with E-state index in [2.05, 4.69) is 16.7 Å². The second-order valence-corrected chi connectivity index (χ2v) is 5.79. The molecule has 1 aromatic rings. The third-order valence-corrected chi connectivity index (χ3v) is 4.59. The summed E-state index contributed by atoms with van der Waals surface area (Å²) >= 11 is 1.90. The first-order valence-corrected chi connectivity index (χ1v) is 7.78. The first kappa shape index (κ1) is 14.1. The number of nitrogens with two attached hydrogens (primary N) is 1. The van der Waals surface area contributed by atoms with Gasteiger partial charge in [-0.05, 0) is 37.7 Å². The molecule has 104 valence electrons. The Labute approximate surface area is 117 Å². The zero-order chi connectivity index (χ0) is 13.7. The highest BCUT2D eigenvalue weighted by atomic mass is 32.2. The van der Waals surface area contributed by atoms with E-state index >= 15 is 0 Å². The van der Waals surface area contributed by atoms with Crippen molar-refractivity contribution >= 4 is 23.5 Å². The summed E-state index contributed by atoms with van der Waals surface area (Å²) in [4.78, 5) is 18.4. The summed E-state index contributed by atoms with van der Waals surface area (Å²) in [7, 11) is 0. The van der Waals surface area contributed by atoms with E-state index in [1.54, 1.807) is 18.3 Å². The van der Waals surface area contributed by atoms with Crippen molar-refractivity contribution in [2.75, 3.05) is 24.8 Å². The van der Waals surface area contributed by atoms with Crippen LogP contribution >= 0.6 is 11.8 Å². The molecule has 0 radical (unpaired) electrons. The summed E-state index contributed by atoms with van der Waals surface area (Å²) < 4.78 is 0. The highest BCUT2D eigenvalue weighted by Crippen LogP contribution is 2.22. The molecule has 1 fully saturated rings. The maximum atomic E-state index is 12.4. The minimum absolute atomic E-state index is 0.0700. The number of likely N-dealkylation sites (tertiary alicyclic amines) is 1. The molecule has 0 saturated carbocycles. The van der Waals surface area contributed by atoms with Crippen LogP contribution in [0.5, 0.6) is 0 Å². The van der Waals surface area contributed by atoms with Gasteiger partial charge in [-0.3, -0.25) is 4.79 Å². The zero-order valence-corrected chi connectivity index (χ0v) is 11.9. The Hall–Kier alpha value is -1.27. The molecule has 1 saturated heterocycles. The summed E-state index contributed by atoms with van der Waals surface area (Å²) in [6.07, 6.45) is 7.08. The first-order valence-electron chi connectivity index (χ1n) is 6.49. The lowest BCUT2D eigenvalue weighted by atomic mass is 10.2. The lowest BCUT2D eigenvalue weighted by molar-refractivity contribution is 0.0762. The van der Waals surface area contributed by atoms with Crippen LogP contribution in [0.15, 0.2) is 18.3 Å². The van der Waals surface area contributed by atoms with Crippen molar-refractivity contribution in [3.8, 4) is 0 Å². The fourth-order valence-corrected chi connectivity index (χ4v) is 3.07. The smallest absolute Gasteiger partial charge is 0.254 e. The minimum atomic E-state index is 0.0700. The van der Waals surface area contributed by atoms with Gasteiger partial charge in [0, 0.05) is 30.1 Å². The molecule has 0 bridgehead atoms. The molecule has 2 heterocycles. The van der Waals surface area contributed by atoms with E-state index in [4.69, 9.17) is 5.84 Å². The van der Waals surface area contributed by atoms with E-state index in [1.807, 2.05) is 16.7 Å². The van der Waals surface area contributed by atoms with E-state index in [9.17, 15) is 4.79 Å². The van der Waals surface area contributed by atoms with Crippen molar-refractivity contribution < 1.29 is 4.79 Å². The SMILES string of the molecule is CSC1CCCN(C(=O)c2ccnc(NN)c2)CC1. The van der Waals surface area contributed by atoms with Gasteiger partial charge in [0.2, 0.25) is 0 Å². The molecule has 1 unspecified atom stereocenters. The van der Waals surface area contributed by atoms with Crippen LogP contribution < -0.4 is 11.3 Å². The van der Waals surface area contributed by atoms with Gasteiger partial charge < -0.3 is 10.3 Å². The Morgan fingerprint density at radius 1 is 1.53 bits per heavy atom. The standard InChI is InChI=1S/C13H20N4OS/c1-19-11-3-2-7-17(8-5-11)13(18)10-4-6-15-12(9-10)16-14/h4,6,9,11H,2-3,5,7-8,14H2,1H3,(H,15,16). The second kappa shape index (κ2) is 6.77. The highest BCUT2D eigenvalue weighted by Gasteiger charge is 2.21. The van der Waals surface area contributed by atoms with Crippen LogP contribution in [0.3, 0.4) is 0 Å². The lowest BCUT2D eigenvalue weighted by Gasteiger charge is -2.20. The Morgan fingerprint density at radius 2 is 2.37 bits per heavy atom. The van der Waals surface area contributed by atoms with Crippen molar-refractivity contribution in [1.29, 1.82) is 0 Å². The molecule has 1 atom stereocenters. The molecule has 0 aliphatic carbocycles. The van der Waals surface area contributed by atoms with Crippen LogP contribution in [-0.4, -0.2) is 40.4 Å². The van der Waals surface area contributed by atoms with Crippen molar-refractivity contribution in [2.45, 2.75) is 24.5 Å². The molecule has 6 heteroatoms. The number of nitrogens with zero attached hydrogens (tertiary/aromatic N) is 2. The molecule has 3 N–H and O–H groups in total. The first-order chi connectivity index (χ1) is 9.24. The number of carbonyl (C=O) groups is 1. The van der Waals surface area contributed by atoms with E-state index in [0.29, 0.717) is 16.6 Å². The maximum Gasteiger partial charge on any atom is 0.254 e. The number of thioether (sulfide) groups is 1. The van der Waals surface area contributed by atoms with Crippen LogP contribution in [0.25, 0.3) is 0 Å². The van der Waals surface area contributed by atoms with Gasteiger partial charge in [-0.1, -0.05) is 0 Å². The fourth-order valence-electron chi connectivity index (χ4n) is 2.33. The monoisotopic (exact) mass is 280 g/mol. The molecule has 2 rings (SSSR count). The van der Waals surface area contributed by atoms with Crippen molar-refractivity contribution in [3.05, 3.63) is 23.9 Å². The van der Waals surface area contributed by atoms with E-state index in [0.717, 1.165) is 25.9 Å². The highest BCUT2D eigenvalue weighted by molar-refractivity contribution is 7.99. The largest absolute Gasteiger partial charge is 0.339 e. The number of nitrogens with one attached hydrogen (secondary N) is 1. The van der Waals surface area contributed by atoms with Gasteiger partial charge in [0.15, 0.2) is 0 Å². The number of rotatable bonds is 3. The number of hydrogen-bond acceptors (Lipinski definition) is 5. The average molecular weight is 280 g/mol. The molecular weight excluding hydrogens is 260 g/mol. The summed E-state index contributed by atoms with van der Waals surface area (Å²) in [6.45, 7) is 1.67. The van der Waals surface area contributed by atoms with Gasteiger partial charge in [-0.15, -0.1) is 0 Å². The summed E-state index contributed by atoms with van der Waals surface area (Å²) in [5.74, 6) is 5.90. The predicted octanol–water partition coefficient (Wildman–Crippen LogP) is 1.72. The molecule has 1 aliphatic rings. The van der Waals surface area contributed by atoms with Gasteiger partial charge in [-0.25, -0.2) is 10.8 Å². The molecule has 1 aliphatic heterocycles. The number of carbonyl (C=O) groups excluding carboxylic acids is 1. The number of hydrazine groups is 1. The third kappa shape index (κ3) is 3.61. The zero-order valence-electron chi connectivity index (χ0n) is 11.1. The topological polar surface area (TPSA) is 71.2 Å². The predicted molar refractivity (Wildman–Crippen MR) is 79.1 cm³/mol. The molecule has 0 spiro atoms. The van der Waals surface area contributed by atoms with Crippen LogP contribution in [0, 0.1) is 0 Å². The number of amides is 1. The van der Waals surface area contributed by atoms with Crippen molar-refractivity contribution in [3.63, 3.8) is 0 Å². The van der Waals surface area contributed by atoms with E-state index in [-0.39, 0.29) is 5.91 Å². The molecule has 1 amide bonds. The summed E-state index contributed by atoms with van der Waals surface area (Å²) in [6, 6.07) is 3.43. The normalized spacial score (nSPS) is 19.9.